The van der Waals surface area contributed by atoms with Gasteiger partial charge in [0, 0.05) is 25.9 Å². The maximum absolute atomic E-state index is 13.0. The second-order valence-electron chi connectivity index (χ2n) is 4.45. The van der Waals surface area contributed by atoms with Gasteiger partial charge in [0.25, 0.3) is 11.5 Å². The van der Waals surface area contributed by atoms with Crippen molar-refractivity contribution in [1.82, 2.24) is 9.88 Å². The van der Waals surface area contributed by atoms with Crippen molar-refractivity contribution in [3.63, 3.8) is 0 Å². The number of hydrogen-bond donors (Lipinski definition) is 1. The zero-order valence-corrected chi connectivity index (χ0v) is 11.7. The Kier molecular flexibility index (Phi) is 4.37. The zero-order chi connectivity index (χ0) is 15.6. The maximum atomic E-state index is 13.0. The van der Waals surface area contributed by atoms with Crippen molar-refractivity contribution >= 4 is 17.5 Å². The number of benzene rings is 1. The molecule has 0 saturated carbocycles. The van der Waals surface area contributed by atoms with Crippen LogP contribution in [0.25, 0.3) is 0 Å². The highest BCUT2D eigenvalue weighted by Gasteiger charge is 2.10. The summed E-state index contributed by atoms with van der Waals surface area (Å²) in [6.45, 7) is -0.0476. The lowest BCUT2D eigenvalue weighted by atomic mass is 10.2. The first kappa shape index (κ1) is 15.2. The summed E-state index contributed by atoms with van der Waals surface area (Å²) in [6.07, 6.45) is 1.33. The Labute approximate surface area is 124 Å². The van der Waals surface area contributed by atoms with Crippen LogP contribution in [0.5, 0.6) is 0 Å². The van der Waals surface area contributed by atoms with Gasteiger partial charge in [-0.25, -0.2) is 8.78 Å². The Morgan fingerprint density at radius 1 is 1.24 bits per heavy atom. The molecule has 2 rings (SSSR count). The van der Waals surface area contributed by atoms with Crippen LogP contribution < -0.4 is 10.9 Å². The molecule has 0 aliphatic heterocycles. The number of hydrogen-bond acceptors (Lipinski definition) is 2. The van der Waals surface area contributed by atoms with Crippen molar-refractivity contribution in [3.05, 3.63) is 68.6 Å². The molecule has 1 amide bonds. The Hall–Kier alpha value is -2.21. The van der Waals surface area contributed by atoms with E-state index >= 15 is 0 Å². The summed E-state index contributed by atoms with van der Waals surface area (Å²) in [4.78, 5) is 23.3. The molecule has 1 aromatic carbocycles. The Balaban J connectivity index is 2.13. The highest BCUT2D eigenvalue weighted by atomic mass is 35.5. The van der Waals surface area contributed by atoms with E-state index in [4.69, 9.17) is 11.6 Å². The molecule has 21 heavy (non-hydrogen) atoms. The number of pyridine rings is 1. The average Bonchev–Trinajstić information content (AvgIpc) is 2.40. The number of carbonyl (C=O) groups excluding carboxylic acids is 1. The minimum atomic E-state index is -0.718. The Bertz CT molecular complexity index is 713. The number of carbonyl (C=O) groups is 1. The summed E-state index contributed by atoms with van der Waals surface area (Å²) >= 11 is 5.71. The van der Waals surface area contributed by atoms with Crippen LogP contribution in [-0.4, -0.2) is 10.5 Å². The fourth-order valence-electron chi connectivity index (χ4n) is 1.79. The first-order chi connectivity index (χ1) is 9.86. The van der Waals surface area contributed by atoms with Gasteiger partial charge in [0.15, 0.2) is 0 Å². The van der Waals surface area contributed by atoms with Crippen molar-refractivity contribution in [2.45, 2.75) is 6.54 Å². The van der Waals surface area contributed by atoms with Crippen molar-refractivity contribution in [3.8, 4) is 0 Å². The molecule has 1 N–H and O–H groups in total. The van der Waals surface area contributed by atoms with E-state index in [1.54, 1.807) is 0 Å². The molecule has 0 spiro atoms. The van der Waals surface area contributed by atoms with Crippen LogP contribution in [0.2, 0.25) is 5.02 Å². The Morgan fingerprint density at radius 3 is 2.43 bits per heavy atom. The lowest BCUT2D eigenvalue weighted by Crippen LogP contribution is -2.26. The van der Waals surface area contributed by atoms with E-state index in [1.165, 1.54) is 23.9 Å². The van der Waals surface area contributed by atoms with Gasteiger partial charge in [-0.3, -0.25) is 9.59 Å². The summed E-state index contributed by atoms with van der Waals surface area (Å²) in [6, 6.07) is 4.23. The molecule has 0 radical (unpaired) electrons. The minimum Gasteiger partial charge on any atom is -0.348 e. The summed E-state index contributed by atoms with van der Waals surface area (Å²) < 4.78 is 27.2. The van der Waals surface area contributed by atoms with Crippen LogP contribution in [-0.2, 0) is 13.6 Å². The van der Waals surface area contributed by atoms with Gasteiger partial charge in [-0.05, 0) is 23.8 Å². The molecule has 7 heteroatoms. The molecule has 4 nitrogen and oxygen atoms in total. The van der Waals surface area contributed by atoms with Gasteiger partial charge in [0.05, 0.1) is 5.56 Å². The second kappa shape index (κ2) is 6.05. The zero-order valence-electron chi connectivity index (χ0n) is 11.0. The quantitative estimate of drug-likeness (QED) is 0.945. The summed E-state index contributed by atoms with van der Waals surface area (Å²) in [5, 5.41) is 2.42. The molecule has 0 unspecified atom stereocenters. The topological polar surface area (TPSA) is 51.1 Å². The van der Waals surface area contributed by atoms with Gasteiger partial charge >= 0.3 is 0 Å². The van der Waals surface area contributed by atoms with Crippen LogP contribution in [0.1, 0.15) is 15.9 Å². The van der Waals surface area contributed by atoms with Gasteiger partial charge in [0.1, 0.15) is 16.7 Å². The minimum absolute atomic E-state index is 0.0476. The third-order valence-electron chi connectivity index (χ3n) is 2.78. The fraction of sp³-hybridized carbons (Fsp3) is 0.143. The van der Waals surface area contributed by atoms with Gasteiger partial charge in [-0.2, -0.15) is 0 Å². The first-order valence-electron chi connectivity index (χ1n) is 5.96. The van der Waals surface area contributed by atoms with Crippen LogP contribution in [0.4, 0.5) is 8.78 Å². The molecule has 0 fully saturated rings. The molecule has 110 valence electrons. The maximum Gasteiger partial charge on any atom is 0.269 e. The summed E-state index contributed by atoms with van der Waals surface area (Å²) in [7, 11) is 1.47. The largest absolute Gasteiger partial charge is 0.348 e. The van der Waals surface area contributed by atoms with Crippen LogP contribution in [0.3, 0.4) is 0 Å². The van der Waals surface area contributed by atoms with Crippen LogP contribution in [0.15, 0.2) is 35.3 Å². The molecule has 2 aromatic rings. The second-order valence-corrected chi connectivity index (χ2v) is 4.86. The molecular formula is C14H11ClF2N2O2. The molecule has 0 aliphatic rings. The number of nitrogens with one attached hydrogen (secondary N) is 1. The fourth-order valence-corrected chi connectivity index (χ4v) is 2.04. The van der Waals surface area contributed by atoms with E-state index in [-0.39, 0.29) is 22.7 Å². The van der Waals surface area contributed by atoms with Gasteiger partial charge in [-0.1, -0.05) is 11.6 Å². The molecule has 1 aromatic heterocycles. The highest BCUT2D eigenvalue weighted by molar-refractivity contribution is 6.30. The number of halogens is 3. The number of nitrogens with zero attached hydrogens (tertiary/aromatic N) is 1. The molecular weight excluding hydrogens is 302 g/mol. The predicted molar refractivity (Wildman–Crippen MR) is 74.2 cm³/mol. The SMILES string of the molecule is Cn1cc(C(=O)NCc2cc(F)cc(F)c2)cc(Cl)c1=O. The number of rotatable bonds is 3. The van der Waals surface area contributed by atoms with E-state index in [0.29, 0.717) is 0 Å². The predicted octanol–water partition coefficient (Wildman–Crippen LogP) is 2.25. The van der Waals surface area contributed by atoms with Gasteiger partial charge in [-0.15, -0.1) is 0 Å². The van der Waals surface area contributed by atoms with Crippen molar-refractivity contribution in [2.75, 3.05) is 0 Å². The third kappa shape index (κ3) is 3.66. The molecule has 0 atom stereocenters. The standard InChI is InChI=1S/C14H11ClF2N2O2/c1-19-7-9(4-12(15)14(19)21)13(20)18-6-8-2-10(16)5-11(17)3-8/h2-5,7H,6H2,1H3,(H,18,20). The lowest BCUT2D eigenvalue weighted by Gasteiger charge is -2.07. The lowest BCUT2D eigenvalue weighted by molar-refractivity contribution is 0.0950. The summed E-state index contributed by atoms with van der Waals surface area (Å²) in [5.74, 6) is -1.94. The van der Waals surface area contributed by atoms with Crippen molar-refractivity contribution in [1.29, 1.82) is 0 Å². The smallest absolute Gasteiger partial charge is 0.269 e. The normalized spacial score (nSPS) is 10.5. The van der Waals surface area contributed by atoms with Crippen LogP contribution in [0, 0.1) is 11.6 Å². The molecule has 0 saturated heterocycles. The van der Waals surface area contributed by atoms with E-state index in [9.17, 15) is 18.4 Å². The van der Waals surface area contributed by atoms with Crippen LogP contribution >= 0.6 is 11.6 Å². The number of amides is 1. The van der Waals surface area contributed by atoms with E-state index in [2.05, 4.69) is 5.32 Å². The first-order valence-corrected chi connectivity index (χ1v) is 6.34. The number of aromatic nitrogens is 1. The summed E-state index contributed by atoms with van der Waals surface area (Å²) in [5.41, 5.74) is 0.0520. The molecule has 1 heterocycles. The monoisotopic (exact) mass is 312 g/mol. The molecule has 0 bridgehead atoms. The third-order valence-corrected chi connectivity index (χ3v) is 3.05. The van der Waals surface area contributed by atoms with E-state index in [1.807, 2.05) is 0 Å². The molecule has 0 aliphatic carbocycles. The Morgan fingerprint density at radius 2 is 1.86 bits per heavy atom. The van der Waals surface area contributed by atoms with E-state index < -0.39 is 23.1 Å². The van der Waals surface area contributed by atoms with E-state index in [0.717, 1.165) is 18.2 Å². The highest BCUT2D eigenvalue weighted by Crippen LogP contribution is 2.09. The van der Waals surface area contributed by atoms with Gasteiger partial charge < -0.3 is 9.88 Å². The van der Waals surface area contributed by atoms with Crippen molar-refractivity contribution in [2.24, 2.45) is 7.05 Å². The van der Waals surface area contributed by atoms with Gasteiger partial charge in [0.2, 0.25) is 0 Å². The average molecular weight is 313 g/mol. The van der Waals surface area contributed by atoms with Crippen molar-refractivity contribution < 1.29 is 13.6 Å². The number of aryl methyl sites for hydroxylation is 1.